The molecular weight excluding hydrogens is 244 g/mol. The second kappa shape index (κ2) is 4.15. The molecule has 2 rings (SSSR count). The van der Waals surface area contributed by atoms with E-state index < -0.39 is 5.91 Å². The minimum absolute atomic E-state index is 0.106. The second-order valence-electron chi connectivity index (χ2n) is 3.24. The molecule has 2 amide bonds. The highest BCUT2D eigenvalue weighted by molar-refractivity contribution is 7.80. The smallest absolute Gasteiger partial charge is 0.265 e. The van der Waals surface area contributed by atoms with Crippen molar-refractivity contribution in [2.75, 3.05) is 7.05 Å². The van der Waals surface area contributed by atoms with Gasteiger partial charge in [-0.15, -0.1) is 0 Å². The molecule has 0 spiro atoms. The molecule has 0 aliphatic carbocycles. The van der Waals surface area contributed by atoms with Crippen LogP contribution in [-0.2, 0) is 9.59 Å². The van der Waals surface area contributed by atoms with E-state index in [1.54, 1.807) is 6.08 Å². The van der Waals surface area contributed by atoms with Crippen LogP contribution < -0.4 is 5.32 Å². The molecule has 1 fully saturated rings. The molecule has 4 nitrogen and oxygen atoms in total. The van der Waals surface area contributed by atoms with Crippen LogP contribution in [0.2, 0.25) is 0 Å². The number of nitrogens with zero attached hydrogens (tertiary/aromatic N) is 1. The van der Waals surface area contributed by atoms with Gasteiger partial charge in [0, 0.05) is 7.05 Å². The van der Waals surface area contributed by atoms with Gasteiger partial charge in [-0.3, -0.25) is 19.8 Å². The van der Waals surface area contributed by atoms with Crippen LogP contribution in [0.25, 0.3) is 6.08 Å². The van der Waals surface area contributed by atoms with Crippen LogP contribution >= 0.6 is 23.6 Å². The summed E-state index contributed by atoms with van der Waals surface area (Å²) in [7, 11) is 1.53. The number of amides is 2. The predicted molar refractivity (Wildman–Crippen MR) is 65.8 cm³/mol. The summed E-state index contributed by atoms with van der Waals surface area (Å²) in [4.78, 5) is 24.6. The Balaban J connectivity index is 2.37. The highest BCUT2D eigenvalue weighted by Crippen LogP contribution is 2.15. The molecule has 0 aromatic carbocycles. The van der Waals surface area contributed by atoms with Gasteiger partial charge in [0.15, 0.2) is 5.11 Å². The fourth-order valence-electron chi connectivity index (χ4n) is 1.27. The summed E-state index contributed by atoms with van der Waals surface area (Å²) < 4.78 is 0. The van der Waals surface area contributed by atoms with Gasteiger partial charge in [-0.05, 0) is 40.7 Å². The molecule has 6 heteroatoms. The van der Waals surface area contributed by atoms with Crippen LogP contribution in [0.3, 0.4) is 0 Å². The first-order valence-electron chi connectivity index (χ1n) is 4.47. The van der Waals surface area contributed by atoms with E-state index in [9.17, 15) is 9.59 Å². The number of carbonyl (C=O) groups excluding carboxylic acids is 2. The van der Waals surface area contributed by atoms with Gasteiger partial charge in [0.1, 0.15) is 5.57 Å². The summed E-state index contributed by atoms with van der Waals surface area (Å²) in [5.41, 5.74) is 0.944. The summed E-state index contributed by atoms with van der Waals surface area (Å²) in [6.07, 6.45) is 1.56. The van der Waals surface area contributed by atoms with Crippen molar-refractivity contribution < 1.29 is 9.59 Å². The lowest BCUT2D eigenvalue weighted by atomic mass is 10.1. The first kappa shape index (κ1) is 11.0. The Morgan fingerprint density at radius 1 is 1.50 bits per heavy atom. The third-order valence-corrected chi connectivity index (χ3v) is 3.24. The van der Waals surface area contributed by atoms with Gasteiger partial charge in [0.05, 0.1) is 0 Å². The highest BCUT2D eigenvalue weighted by Gasteiger charge is 2.30. The standard InChI is InChI=1S/C10H8N2O2S2/c1-12-9(14)7(8(13)11-10(12)15)4-6-2-3-16-5-6/h2-5H,1H3,(H,11,13,15)/b7-4+. The molecule has 1 aliphatic rings. The molecule has 0 bridgehead atoms. The van der Waals surface area contributed by atoms with Crippen molar-refractivity contribution in [1.29, 1.82) is 0 Å². The SMILES string of the molecule is CN1C(=O)/C(=C/c2ccsc2)C(=O)NC1=S. The number of hydrogen-bond donors (Lipinski definition) is 1. The van der Waals surface area contributed by atoms with E-state index in [0.29, 0.717) is 0 Å². The predicted octanol–water partition coefficient (Wildman–Crippen LogP) is 1.00. The van der Waals surface area contributed by atoms with Crippen molar-refractivity contribution in [3.05, 3.63) is 28.0 Å². The van der Waals surface area contributed by atoms with Crippen molar-refractivity contribution in [1.82, 2.24) is 10.2 Å². The van der Waals surface area contributed by atoms with E-state index in [1.165, 1.54) is 23.3 Å². The maximum Gasteiger partial charge on any atom is 0.265 e. The summed E-state index contributed by atoms with van der Waals surface area (Å²) in [5, 5.41) is 6.33. The zero-order chi connectivity index (χ0) is 11.7. The van der Waals surface area contributed by atoms with Crippen LogP contribution in [0.1, 0.15) is 5.56 Å². The van der Waals surface area contributed by atoms with Crippen LogP contribution in [-0.4, -0.2) is 28.9 Å². The maximum atomic E-state index is 11.8. The maximum absolute atomic E-state index is 11.8. The monoisotopic (exact) mass is 252 g/mol. The van der Waals surface area contributed by atoms with Crippen molar-refractivity contribution in [2.45, 2.75) is 0 Å². The van der Waals surface area contributed by atoms with E-state index in [2.05, 4.69) is 5.32 Å². The molecule has 1 aromatic heterocycles. The average Bonchev–Trinajstić information content (AvgIpc) is 2.74. The van der Waals surface area contributed by atoms with E-state index in [4.69, 9.17) is 12.2 Å². The molecule has 0 atom stereocenters. The molecule has 1 aliphatic heterocycles. The Morgan fingerprint density at radius 2 is 2.25 bits per heavy atom. The lowest BCUT2D eigenvalue weighted by Gasteiger charge is -2.24. The normalized spacial score (nSPS) is 19.2. The Hall–Kier alpha value is -1.53. The molecule has 82 valence electrons. The number of rotatable bonds is 1. The van der Waals surface area contributed by atoms with Gasteiger partial charge in [0.25, 0.3) is 11.8 Å². The Bertz CT molecular complexity index is 491. The highest BCUT2D eigenvalue weighted by atomic mass is 32.1. The van der Waals surface area contributed by atoms with Gasteiger partial charge in [-0.1, -0.05) is 0 Å². The van der Waals surface area contributed by atoms with Crippen molar-refractivity contribution in [3.8, 4) is 0 Å². The summed E-state index contributed by atoms with van der Waals surface area (Å²) in [5.74, 6) is -0.820. The molecule has 1 N–H and O–H groups in total. The zero-order valence-electron chi connectivity index (χ0n) is 8.39. The first-order chi connectivity index (χ1) is 7.59. The third kappa shape index (κ3) is 1.89. The first-order valence-corrected chi connectivity index (χ1v) is 5.82. The summed E-state index contributed by atoms with van der Waals surface area (Å²) in [6, 6.07) is 1.84. The number of thiocarbonyl (C=S) groups is 1. The zero-order valence-corrected chi connectivity index (χ0v) is 10.0. The second-order valence-corrected chi connectivity index (χ2v) is 4.40. The number of thiophene rings is 1. The third-order valence-electron chi connectivity index (χ3n) is 2.16. The molecule has 2 heterocycles. The molecule has 1 aromatic rings. The van der Waals surface area contributed by atoms with Gasteiger partial charge in [-0.25, -0.2) is 0 Å². The van der Waals surface area contributed by atoms with Crippen molar-refractivity contribution in [3.63, 3.8) is 0 Å². The number of likely N-dealkylation sites (N-methyl/N-ethyl adjacent to an activating group) is 1. The fourth-order valence-corrected chi connectivity index (χ4v) is 2.06. The van der Waals surface area contributed by atoms with Crippen LogP contribution in [0.4, 0.5) is 0 Å². The minimum Gasteiger partial charge on any atom is -0.298 e. The van der Waals surface area contributed by atoms with E-state index >= 15 is 0 Å². The lowest BCUT2D eigenvalue weighted by Crippen LogP contribution is -2.52. The molecule has 0 radical (unpaired) electrons. The molecule has 16 heavy (non-hydrogen) atoms. The van der Waals surface area contributed by atoms with Crippen LogP contribution in [0.5, 0.6) is 0 Å². The van der Waals surface area contributed by atoms with E-state index in [0.717, 1.165) is 5.56 Å². The number of nitrogens with one attached hydrogen (secondary N) is 1. The Kier molecular flexibility index (Phi) is 2.84. The molecule has 0 saturated carbocycles. The summed E-state index contributed by atoms with van der Waals surface area (Å²) in [6.45, 7) is 0. The molecular formula is C10H8N2O2S2. The van der Waals surface area contributed by atoms with Gasteiger partial charge in [0.2, 0.25) is 0 Å². The van der Waals surface area contributed by atoms with Gasteiger partial charge in [-0.2, -0.15) is 11.3 Å². The molecule has 0 unspecified atom stereocenters. The quantitative estimate of drug-likeness (QED) is 0.461. The fraction of sp³-hybridized carbons (Fsp3) is 0.100. The van der Waals surface area contributed by atoms with Crippen molar-refractivity contribution >= 4 is 46.6 Å². The van der Waals surface area contributed by atoms with E-state index in [1.807, 2.05) is 16.8 Å². The van der Waals surface area contributed by atoms with Crippen molar-refractivity contribution in [2.24, 2.45) is 0 Å². The topological polar surface area (TPSA) is 49.4 Å². The molecule has 1 saturated heterocycles. The Morgan fingerprint density at radius 3 is 2.88 bits per heavy atom. The van der Waals surface area contributed by atoms with Gasteiger partial charge >= 0.3 is 0 Å². The van der Waals surface area contributed by atoms with Crippen LogP contribution in [0.15, 0.2) is 22.4 Å². The van der Waals surface area contributed by atoms with E-state index in [-0.39, 0.29) is 16.6 Å². The average molecular weight is 252 g/mol. The lowest BCUT2D eigenvalue weighted by molar-refractivity contribution is -0.128. The van der Waals surface area contributed by atoms with Gasteiger partial charge < -0.3 is 0 Å². The van der Waals surface area contributed by atoms with Crippen LogP contribution in [0, 0.1) is 0 Å². The number of carbonyl (C=O) groups is 2. The largest absolute Gasteiger partial charge is 0.298 e. The minimum atomic E-state index is -0.445. The Labute approximate surface area is 102 Å². The number of hydrogen-bond acceptors (Lipinski definition) is 4. The summed E-state index contributed by atoms with van der Waals surface area (Å²) >= 11 is 6.34.